The standard InChI is InChI=1S/C11H23NO2/c1-8(2)9(13)11(7-12)5-6-14-10(11,3)4/h8-9,13H,5-7,12H2,1-4H3. The lowest BCUT2D eigenvalue weighted by Crippen LogP contribution is -2.54. The quantitative estimate of drug-likeness (QED) is 0.720. The van der Waals surface area contributed by atoms with Gasteiger partial charge in [-0.3, -0.25) is 0 Å². The van der Waals surface area contributed by atoms with E-state index in [9.17, 15) is 5.11 Å². The molecule has 14 heavy (non-hydrogen) atoms. The summed E-state index contributed by atoms with van der Waals surface area (Å²) in [7, 11) is 0. The number of hydrogen-bond donors (Lipinski definition) is 2. The van der Waals surface area contributed by atoms with Crippen molar-refractivity contribution in [2.45, 2.75) is 45.8 Å². The van der Waals surface area contributed by atoms with Gasteiger partial charge in [0.15, 0.2) is 0 Å². The fourth-order valence-corrected chi connectivity index (χ4v) is 2.54. The van der Waals surface area contributed by atoms with Crippen molar-refractivity contribution in [3.05, 3.63) is 0 Å². The van der Waals surface area contributed by atoms with E-state index in [0.717, 1.165) is 6.42 Å². The predicted octanol–water partition coefficient (Wildman–Crippen LogP) is 1.15. The van der Waals surface area contributed by atoms with E-state index in [1.165, 1.54) is 0 Å². The van der Waals surface area contributed by atoms with E-state index in [0.29, 0.717) is 13.2 Å². The van der Waals surface area contributed by atoms with Gasteiger partial charge in [-0.15, -0.1) is 0 Å². The summed E-state index contributed by atoms with van der Waals surface area (Å²) < 4.78 is 5.68. The summed E-state index contributed by atoms with van der Waals surface area (Å²) in [6, 6.07) is 0. The number of ether oxygens (including phenoxy) is 1. The van der Waals surface area contributed by atoms with E-state index in [4.69, 9.17) is 10.5 Å². The van der Waals surface area contributed by atoms with Crippen LogP contribution in [0.5, 0.6) is 0 Å². The summed E-state index contributed by atoms with van der Waals surface area (Å²) in [5.41, 5.74) is 5.25. The highest BCUT2D eigenvalue weighted by atomic mass is 16.5. The molecule has 3 heteroatoms. The van der Waals surface area contributed by atoms with E-state index in [1.807, 2.05) is 27.7 Å². The van der Waals surface area contributed by atoms with Crippen LogP contribution >= 0.6 is 0 Å². The van der Waals surface area contributed by atoms with Crippen molar-refractivity contribution >= 4 is 0 Å². The van der Waals surface area contributed by atoms with Gasteiger partial charge in [0.25, 0.3) is 0 Å². The van der Waals surface area contributed by atoms with E-state index in [2.05, 4.69) is 0 Å². The van der Waals surface area contributed by atoms with Gasteiger partial charge in [-0.25, -0.2) is 0 Å². The Morgan fingerprint density at radius 2 is 2.00 bits per heavy atom. The minimum absolute atomic E-state index is 0.222. The second kappa shape index (κ2) is 3.80. The number of hydrogen-bond acceptors (Lipinski definition) is 3. The van der Waals surface area contributed by atoms with Crippen LogP contribution < -0.4 is 5.73 Å². The van der Waals surface area contributed by atoms with E-state index in [1.54, 1.807) is 0 Å². The van der Waals surface area contributed by atoms with Gasteiger partial charge in [-0.2, -0.15) is 0 Å². The second-order valence-electron chi connectivity index (χ2n) is 5.16. The maximum atomic E-state index is 10.3. The molecule has 0 amide bonds. The molecule has 1 heterocycles. The van der Waals surface area contributed by atoms with Crippen LogP contribution in [0.25, 0.3) is 0 Å². The molecule has 0 aromatic heterocycles. The summed E-state index contributed by atoms with van der Waals surface area (Å²) in [6.45, 7) is 9.29. The van der Waals surface area contributed by atoms with Gasteiger partial charge in [0.05, 0.1) is 11.7 Å². The molecule has 3 nitrogen and oxygen atoms in total. The predicted molar refractivity (Wildman–Crippen MR) is 57.0 cm³/mol. The van der Waals surface area contributed by atoms with Gasteiger partial charge in [0.1, 0.15) is 0 Å². The Morgan fingerprint density at radius 1 is 1.43 bits per heavy atom. The SMILES string of the molecule is CC(C)C(O)C1(CN)CCOC1(C)C. The Bertz CT molecular complexity index is 203. The lowest BCUT2D eigenvalue weighted by molar-refractivity contribution is -0.102. The third kappa shape index (κ3) is 1.58. The first-order valence-electron chi connectivity index (χ1n) is 5.39. The van der Waals surface area contributed by atoms with Crippen LogP contribution in [-0.2, 0) is 4.74 Å². The molecule has 0 saturated carbocycles. The molecule has 2 atom stereocenters. The summed E-state index contributed by atoms with van der Waals surface area (Å²) >= 11 is 0. The third-order valence-corrected chi connectivity index (χ3v) is 3.77. The van der Waals surface area contributed by atoms with Crippen LogP contribution in [0.4, 0.5) is 0 Å². The maximum absolute atomic E-state index is 10.3. The summed E-state index contributed by atoms with van der Waals surface area (Å²) in [5.74, 6) is 0.222. The normalized spacial score (nSPS) is 33.6. The van der Waals surface area contributed by atoms with Crippen LogP contribution in [0.2, 0.25) is 0 Å². The van der Waals surface area contributed by atoms with E-state index in [-0.39, 0.29) is 23.0 Å². The van der Waals surface area contributed by atoms with Crippen LogP contribution in [-0.4, -0.2) is 30.0 Å². The number of aliphatic hydroxyl groups is 1. The molecule has 0 aromatic rings. The molecule has 0 aromatic carbocycles. The smallest absolute Gasteiger partial charge is 0.0720 e. The molecule has 1 rings (SSSR count). The average molecular weight is 201 g/mol. The summed E-state index contributed by atoms with van der Waals surface area (Å²) in [6.07, 6.45) is 0.473. The highest BCUT2D eigenvalue weighted by molar-refractivity contribution is 5.04. The molecule has 3 N–H and O–H groups in total. The molecule has 1 aliphatic rings. The van der Waals surface area contributed by atoms with Crippen molar-refractivity contribution in [1.82, 2.24) is 0 Å². The van der Waals surface area contributed by atoms with Gasteiger partial charge < -0.3 is 15.6 Å². The summed E-state index contributed by atoms with van der Waals surface area (Å²) in [5, 5.41) is 10.3. The van der Waals surface area contributed by atoms with Crippen molar-refractivity contribution in [2.24, 2.45) is 17.1 Å². The molecule has 84 valence electrons. The second-order valence-corrected chi connectivity index (χ2v) is 5.16. The minimum Gasteiger partial charge on any atom is -0.392 e. The lowest BCUT2D eigenvalue weighted by Gasteiger charge is -2.44. The van der Waals surface area contributed by atoms with Crippen molar-refractivity contribution in [3.63, 3.8) is 0 Å². The van der Waals surface area contributed by atoms with Crippen molar-refractivity contribution in [1.29, 1.82) is 0 Å². The first kappa shape index (κ1) is 12.0. The van der Waals surface area contributed by atoms with Gasteiger partial charge in [0, 0.05) is 18.6 Å². The van der Waals surface area contributed by atoms with Crippen LogP contribution in [0.15, 0.2) is 0 Å². The molecule has 1 saturated heterocycles. The zero-order valence-corrected chi connectivity index (χ0v) is 9.71. The van der Waals surface area contributed by atoms with Crippen LogP contribution in [0.3, 0.4) is 0 Å². The molecular formula is C11H23NO2. The Hall–Kier alpha value is -0.120. The van der Waals surface area contributed by atoms with Gasteiger partial charge in [-0.1, -0.05) is 13.8 Å². The lowest BCUT2D eigenvalue weighted by atomic mass is 9.66. The average Bonchev–Trinajstić information content (AvgIpc) is 2.40. The van der Waals surface area contributed by atoms with Crippen molar-refractivity contribution in [3.8, 4) is 0 Å². The first-order chi connectivity index (χ1) is 6.37. The molecule has 0 aliphatic carbocycles. The van der Waals surface area contributed by atoms with Crippen molar-refractivity contribution < 1.29 is 9.84 Å². The molecule has 0 bridgehead atoms. The number of nitrogens with two attached hydrogens (primary N) is 1. The molecule has 0 radical (unpaired) electrons. The molecule has 0 spiro atoms. The third-order valence-electron chi connectivity index (χ3n) is 3.77. The Labute approximate surface area is 86.6 Å². The zero-order chi connectivity index (χ0) is 11.0. The first-order valence-corrected chi connectivity index (χ1v) is 5.39. The van der Waals surface area contributed by atoms with Gasteiger partial charge in [0.2, 0.25) is 0 Å². The summed E-state index contributed by atoms with van der Waals surface area (Å²) in [4.78, 5) is 0. The van der Waals surface area contributed by atoms with Crippen LogP contribution in [0.1, 0.15) is 34.1 Å². The molecular weight excluding hydrogens is 178 g/mol. The number of rotatable bonds is 3. The minimum atomic E-state index is -0.384. The maximum Gasteiger partial charge on any atom is 0.0720 e. The fourth-order valence-electron chi connectivity index (χ4n) is 2.54. The largest absolute Gasteiger partial charge is 0.392 e. The monoisotopic (exact) mass is 201 g/mol. The Kier molecular flexibility index (Phi) is 3.24. The zero-order valence-electron chi connectivity index (χ0n) is 9.71. The number of aliphatic hydroxyl groups excluding tert-OH is 1. The Balaban J connectivity index is 2.96. The topological polar surface area (TPSA) is 55.5 Å². The highest BCUT2D eigenvalue weighted by Gasteiger charge is 2.54. The molecule has 1 aliphatic heterocycles. The molecule has 2 unspecified atom stereocenters. The highest BCUT2D eigenvalue weighted by Crippen LogP contribution is 2.47. The fraction of sp³-hybridized carbons (Fsp3) is 1.00. The van der Waals surface area contributed by atoms with E-state index < -0.39 is 0 Å². The van der Waals surface area contributed by atoms with E-state index >= 15 is 0 Å². The Morgan fingerprint density at radius 3 is 2.29 bits per heavy atom. The molecule has 1 fully saturated rings. The van der Waals surface area contributed by atoms with Gasteiger partial charge >= 0.3 is 0 Å². The van der Waals surface area contributed by atoms with Crippen LogP contribution in [0, 0.1) is 11.3 Å². The van der Waals surface area contributed by atoms with Crippen molar-refractivity contribution in [2.75, 3.05) is 13.2 Å². The van der Waals surface area contributed by atoms with Gasteiger partial charge in [-0.05, 0) is 26.2 Å².